The molecular formula is C21H23BrClN3O3. The lowest BCUT2D eigenvalue weighted by molar-refractivity contribution is -0.143. The van der Waals surface area contributed by atoms with Crippen molar-refractivity contribution >= 4 is 39.4 Å². The summed E-state index contributed by atoms with van der Waals surface area (Å²) in [6, 6.07) is 7.45. The van der Waals surface area contributed by atoms with Gasteiger partial charge in [-0.1, -0.05) is 23.7 Å². The third-order valence-corrected chi connectivity index (χ3v) is 6.83. The van der Waals surface area contributed by atoms with E-state index in [1.807, 2.05) is 29.2 Å². The van der Waals surface area contributed by atoms with E-state index < -0.39 is 5.97 Å². The summed E-state index contributed by atoms with van der Waals surface area (Å²) in [5.74, 6) is -1.15. The molecule has 1 fully saturated rings. The van der Waals surface area contributed by atoms with Crippen molar-refractivity contribution in [2.24, 2.45) is 5.92 Å². The quantitative estimate of drug-likeness (QED) is 0.663. The molecule has 0 bridgehead atoms. The van der Waals surface area contributed by atoms with Gasteiger partial charge in [-0.2, -0.15) is 0 Å². The molecule has 1 unspecified atom stereocenters. The molecule has 8 heteroatoms. The number of amides is 1. The van der Waals surface area contributed by atoms with E-state index in [0.29, 0.717) is 41.1 Å². The summed E-state index contributed by atoms with van der Waals surface area (Å²) in [5.41, 5.74) is 2.35. The van der Waals surface area contributed by atoms with Crippen LogP contribution in [0.2, 0.25) is 5.02 Å². The van der Waals surface area contributed by atoms with E-state index in [4.69, 9.17) is 11.6 Å². The van der Waals surface area contributed by atoms with Gasteiger partial charge in [0.15, 0.2) is 10.4 Å². The normalized spacial score (nSPS) is 24.2. The molecular weight excluding hydrogens is 458 g/mol. The fourth-order valence-corrected chi connectivity index (χ4v) is 5.54. The summed E-state index contributed by atoms with van der Waals surface area (Å²) in [7, 11) is 0. The van der Waals surface area contributed by atoms with E-state index >= 15 is 0 Å². The molecule has 4 rings (SSSR count). The smallest absolute Gasteiger partial charge is 0.306 e. The van der Waals surface area contributed by atoms with E-state index in [-0.39, 0.29) is 30.0 Å². The van der Waals surface area contributed by atoms with Crippen LogP contribution in [0.15, 0.2) is 29.0 Å². The highest BCUT2D eigenvalue weighted by Crippen LogP contribution is 2.45. The number of halogens is 2. The van der Waals surface area contributed by atoms with Gasteiger partial charge in [-0.05, 0) is 73.2 Å². The summed E-state index contributed by atoms with van der Waals surface area (Å²) in [4.78, 5) is 31.2. The van der Waals surface area contributed by atoms with E-state index in [1.54, 1.807) is 0 Å². The van der Waals surface area contributed by atoms with Crippen LogP contribution in [0.3, 0.4) is 0 Å². The van der Waals surface area contributed by atoms with Gasteiger partial charge in [-0.25, -0.2) is 4.98 Å². The van der Waals surface area contributed by atoms with Crippen LogP contribution in [0.5, 0.6) is 0 Å². The van der Waals surface area contributed by atoms with Gasteiger partial charge >= 0.3 is 5.97 Å². The number of hydrogen-bond donors (Lipinski definition) is 1. The Kier molecular flexibility index (Phi) is 5.46. The third-order valence-electron chi connectivity index (χ3n) is 6.02. The molecule has 1 amide bonds. The number of carboxylic acids is 1. The molecule has 0 spiro atoms. The number of fused-ring (bicyclic) bond motifs is 1. The average molecular weight is 481 g/mol. The van der Waals surface area contributed by atoms with Crippen LogP contribution in [0.4, 0.5) is 0 Å². The Hall–Kier alpha value is -1.86. The largest absolute Gasteiger partial charge is 0.481 e. The maximum Gasteiger partial charge on any atom is 0.306 e. The Labute approximate surface area is 183 Å². The minimum Gasteiger partial charge on any atom is -0.481 e. The average Bonchev–Trinajstić information content (AvgIpc) is 3.16. The van der Waals surface area contributed by atoms with Crippen molar-refractivity contribution in [2.75, 3.05) is 0 Å². The molecule has 2 heterocycles. The number of aliphatic carboxylic acids is 1. The Morgan fingerprint density at radius 3 is 2.38 bits per heavy atom. The van der Waals surface area contributed by atoms with Crippen LogP contribution in [-0.4, -0.2) is 37.5 Å². The van der Waals surface area contributed by atoms with Gasteiger partial charge < -0.3 is 14.6 Å². The van der Waals surface area contributed by atoms with Crippen molar-refractivity contribution in [3.8, 4) is 0 Å². The Morgan fingerprint density at radius 1 is 1.21 bits per heavy atom. The number of nitrogens with zero attached hydrogens (tertiary/aromatic N) is 3. The van der Waals surface area contributed by atoms with Gasteiger partial charge in [0.2, 0.25) is 0 Å². The molecule has 0 saturated heterocycles. The fraction of sp³-hybridized carbons (Fsp3) is 0.476. The molecule has 1 N–H and O–H groups in total. The number of aromatic nitrogens is 2. The molecule has 1 aliphatic carbocycles. The number of rotatable bonds is 4. The predicted molar refractivity (Wildman–Crippen MR) is 113 cm³/mol. The summed E-state index contributed by atoms with van der Waals surface area (Å²) in [6.07, 6.45) is 2.53. The maximum absolute atomic E-state index is 13.4. The monoisotopic (exact) mass is 479 g/mol. The predicted octanol–water partition coefficient (Wildman–Crippen LogP) is 5.07. The summed E-state index contributed by atoms with van der Waals surface area (Å²) in [6.45, 7) is 4.13. The first-order valence-corrected chi connectivity index (χ1v) is 11.0. The number of carbonyl (C=O) groups is 2. The standard InChI is InChI=1S/C21H23BrClN3O3/c1-11(2)25-18-16(24-21(25)22)19(27)26(15-9-5-13(6-10-15)20(28)29)17(18)12-3-7-14(23)8-4-12/h3-4,7-8,11,13,15,17H,5-6,9-10H2,1-2H3,(H,28,29). The first-order chi connectivity index (χ1) is 13.8. The Morgan fingerprint density at radius 2 is 1.83 bits per heavy atom. The molecule has 1 aromatic heterocycles. The zero-order chi connectivity index (χ0) is 20.9. The summed E-state index contributed by atoms with van der Waals surface area (Å²) >= 11 is 9.62. The van der Waals surface area contributed by atoms with Gasteiger partial charge in [0.05, 0.1) is 11.6 Å². The molecule has 154 valence electrons. The molecule has 0 radical (unpaired) electrons. The number of benzene rings is 1. The number of imidazole rings is 1. The van der Waals surface area contributed by atoms with Crippen molar-refractivity contribution in [1.82, 2.24) is 14.5 Å². The lowest BCUT2D eigenvalue weighted by Crippen LogP contribution is -2.42. The lowest BCUT2D eigenvalue weighted by Gasteiger charge is -2.38. The second kappa shape index (κ2) is 7.76. The minimum absolute atomic E-state index is 0.00707. The van der Waals surface area contributed by atoms with Crippen LogP contribution in [-0.2, 0) is 4.79 Å². The highest BCUT2D eigenvalue weighted by molar-refractivity contribution is 9.10. The van der Waals surface area contributed by atoms with Gasteiger partial charge in [0, 0.05) is 17.1 Å². The van der Waals surface area contributed by atoms with Gasteiger partial charge in [0.25, 0.3) is 5.91 Å². The van der Waals surface area contributed by atoms with Crippen molar-refractivity contribution in [3.05, 3.63) is 51.0 Å². The Bertz CT molecular complexity index is 949. The van der Waals surface area contributed by atoms with Crippen LogP contribution in [0.1, 0.15) is 73.4 Å². The molecule has 29 heavy (non-hydrogen) atoms. The van der Waals surface area contributed by atoms with Crippen molar-refractivity contribution in [3.63, 3.8) is 0 Å². The number of hydrogen-bond acceptors (Lipinski definition) is 3. The molecule has 1 atom stereocenters. The van der Waals surface area contributed by atoms with Gasteiger partial charge in [-0.3, -0.25) is 9.59 Å². The first-order valence-electron chi connectivity index (χ1n) is 9.88. The molecule has 6 nitrogen and oxygen atoms in total. The van der Waals surface area contributed by atoms with Crippen LogP contribution < -0.4 is 0 Å². The number of carboxylic acid groups (broad SMARTS) is 1. The highest BCUT2D eigenvalue weighted by Gasteiger charge is 2.47. The van der Waals surface area contributed by atoms with E-state index in [2.05, 4.69) is 39.3 Å². The zero-order valence-electron chi connectivity index (χ0n) is 16.3. The van der Waals surface area contributed by atoms with Gasteiger partial charge in [0.1, 0.15) is 6.04 Å². The second-order valence-corrected chi connectivity index (χ2v) is 9.23. The molecule has 2 aromatic rings. The van der Waals surface area contributed by atoms with E-state index in [1.165, 1.54) is 0 Å². The van der Waals surface area contributed by atoms with Crippen molar-refractivity contribution in [1.29, 1.82) is 0 Å². The van der Waals surface area contributed by atoms with Crippen LogP contribution in [0, 0.1) is 5.92 Å². The summed E-state index contributed by atoms with van der Waals surface area (Å²) in [5, 5.41) is 9.97. The number of carbonyl (C=O) groups excluding carboxylic acids is 1. The van der Waals surface area contributed by atoms with E-state index in [0.717, 1.165) is 11.3 Å². The molecule has 2 aliphatic rings. The SMILES string of the molecule is CC(C)n1c(Br)nc2c1C(c1ccc(Cl)cc1)N(C1CCC(C(=O)O)CC1)C2=O. The minimum atomic E-state index is -0.745. The van der Waals surface area contributed by atoms with Crippen molar-refractivity contribution < 1.29 is 14.7 Å². The Balaban J connectivity index is 1.77. The maximum atomic E-state index is 13.4. The molecule has 1 aliphatic heterocycles. The second-order valence-electron chi connectivity index (χ2n) is 8.09. The van der Waals surface area contributed by atoms with Crippen LogP contribution >= 0.6 is 27.5 Å². The zero-order valence-corrected chi connectivity index (χ0v) is 18.7. The fourth-order valence-electron chi connectivity index (χ4n) is 4.64. The topological polar surface area (TPSA) is 75.4 Å². The molecule has 1 aromatic carbocycles. The van der Waals surface area contributed by atoms with Gasteiger partial charge in [-0.15, -0.1) is 0 Å². The van der Waals surface area contributed by atoms with E-state index in [9.17, 15) is 14.7 Å². The van der Waals surface area contributed by atoms with Crippen LogP contribution in [0.25, 0.3) is 0 Å². The lowest BCUT2D eigenvalue weighted by atomic mass is 9.84. The molecule has 1 saturated carbocycles. The summed E-state index contributed by atoms with van der Waals surface area (Å²) < 4.78 is 2.72. The van der Waals surface area contributed by atoms with Crippen molar-refractivity contribution in [2.45, 2.75) is 57.7 Å². The third kappa shape index (κ3) is 3.48. The first kappa shape index (κ1) is 20.4. The highest BCUT2D eigenvalue weighted by atomic mass is 79.9.